The Kier molecular flexibility index (Phi) is 4.88. The molecule has 0 aliphatic carbocycles. The van der Waals surface area contributed by atoms with E-state index in [0.29, 0.717) is 21.4 Å². The van der Waals surface area contributed by atoms with Gasteiger partial charge in [0.05, 0.1) is 11.4 Å². The van der Waals surface area contributed by atoms with E-state index in [0.717, 1.165) is 16.5 Å². The van der Waals surface area contributed by atoms with Crippen molar-refractivity contribution in [2.45, 2.75) is 12.1 Å². The van der Waals surface area contributed by atoms with Crippen molar-refractivity contribution in [3.05, 3.63) is 87.6 Å². The topological polar surface area (TPSA) is 85.1 Å². The number of carbonyl (C=O) groups is 1. The van der Waals surface area contributed by atoms with Crippen LogP contribution in [0, 0.1) is 6.92 Å². The van der Waals surface area contributed by atoms with Crippen LogP contribution in [-0.2, 0) is 0 Å². The molecule has 0 radical (unpaired) electrons. The van der Waals surface area contributed by atoms with Crippen molar-refractivity contribution >= 4 is 45.7 Å². The lowest BCUT2D eigenvalue weighted by molar-refractivity contribution is 0.102. The Labute approximate surface area is 185 Å². The quantitative estimate of drug-likeness (QED) is 0.319. The number of rotatable bonds is 5. The molecule has 0 saturated carbocycles. The highest BCUT2D eigenvalue weighted by molar-refractivity contribution is 7.99. The molecule has 0 unspecified atom stereocenters. The highest BCUT2D eigenvalue weighted by Crippen LogP contribution is 2.23. The third-order valence-electron chi connectivity index (χ3n) is 5.09. The maximum atomic E-state index is 13.0. The van der Waals surface area contributed by atoms with E-state index in [9.17, 15) is 9.59 Å². The van der Waals surface area contributed by atoms with Gasteiger partial charge in [0, 0.05) is 40.1 Å². The zero-order valence-electron chi connectivity index (χ0n) is 16.4. The van der Waals surface area contributed by atoms with Crippen LogP contribution in [0.15, 0.2) is 71.0 Å². The number of Topliss-reactive ketones (excluding diaryl/α,β-unsaturated/α-hetero) is 1. The van der Waals surface area contributed by atoms with Gasteiger partial charge in [-0.3, -0.25) is 18.6 Å². The second kappa shape index (κ2) is 7.72. The number of hydrogen-bond acceptors (Lipinski definition) is 5. The Balaban J connectivity index is 1.44. The Hall–Kier alpha value is -3.36. The molecule has 0 spiro atoms. The minimum Gasteiger partial charge on any atom is -0.360 e. The fourth-order valence-electron chi connectivity index (χ4n) is 3.51. The lowest BCUT2D eigenvalue weighted by Crippen LogP contribution is -2.21. The number of nitrogens with one attached hydrogen (secondary N) is 1. The van der Waals surface area contributed by atoms with Gasteiger partial charge in [-0.2, -0.15) is 0 Å². The third kappa shape index (κ3) is 3.43. The van der Waals surface area contributed by atoms with E-state index in [2.05, 4.69) is 15.2 Å². The van der Waals surface area contributed by atoms with Gasteiger partial charge in [-0.05, 0) is 30.7 Å². The van der Waals surface area contributed by atoms with Crippen LogP contribution in [0.4, 0.5) is 0 Å². The molecule has 0 bridgehead atoms. The average molecular weight is 450 g/mol. The van der Waals surface area contributed by atoms with Crippen LogP contribution < -0.4 is 5.56 Å². The summed E-state index contributed by atoms with van der Waals surface area (Å²) < 4.78 is 3.10. The van der Waals surface area contributed by atoms with Crippen LogP contribution >= 0.6 is 23.4 Å². The lowest BCUT2D eigenvalue weighted by atomic mass is 10.1. The summed E-state index contributed by atoms with van der Waals surface area (Å²) in [6, 6.07) is 13.0. The Morgan fingerprint density at radius 2 is 2.00 bits per heavy atom. The summed E-state index contributed by atoms with van der Waals surface area (Å²) in [5.74, 6) is 0.154. The maximum absolute atomic E-state index is 13.0. The van der Waals surface area contributed by atoms with Gasteiger partial charge < -0.3 is 4.98 Å². The number of aryl methyl sites for hydroxylation is 1. The first-order valence-corrected chi connectivity index (χ1v) is 10.8. The van der Waals surface area contributed by atoms with Crippen LogP contribution in [0.2, 0.25) is 5.02 Å². The SMILES string of the molecule is Cc1ccc(Cl)cc1-n1ccn2c(SCC(=O)c3c[nH]c4ccccc34)nnc2c1=O. The second-order valence-corrected chi connectivity index (χ2v) is 8.42. The summed E-state index contributed by atoms with van der Waals surface area (Å²) in [5, 5.41) is 10.1. The van der Waals surface area contributed by atoms with Crippen LogP contribution in [-0.4, -0.2) is 35.7 Å². The summed E-state index contributed by atoms with van der Waals surface area (Å²) in [6.45, 7) is 1.91. The molecule has 3 aromatic heterocycles. The summed E-state index contributed by atoms with van der Waals surface area (Å²) in [6.07, 6.45) is 5.10. The monoisotopic (exact) mass is 449 g/mol. The van der Waals surface area contributed by atoms with Gasteiger partial charge in [0.2, 0.25) is 5.65 Å². The molecule has 9 heteroatoms. The first-order valence-electron chi connectivity index (χ1n) is 9.48. The minimum atomic E-state index is -0.310. The third-order valence-corrected chi connectivity index (χ3v) is 6.27. The van der Waals surface area contributed by atoms with Crippen molar-refractivity contribution in [3.63, 3.8) is 0 Å². The number of para-hydroxylation sites is 1. The van der Waals surface area contributed by atoms with E-state index >= 15 is 0 Å². The van der Waals surface area contributed by atoms with E-state index in [1.54, 1.807) is 35.1 Å². The molecular formula is C22H16ClN5O2S. The van der Waals surface area contributed by atoms with Crippen LogP contribution in [0.3, 0.4) is 0 Å². The zero-order valence-corrected chi connectivity index (χ0v) is 17.9. The predicted octanol–water partition coefficient (Wildman–Crippen LogP) is 4.30. The largest absolute Gasteiger partial charge is 0.360 e. The van der Waals surface area contributed by atoms with E-state index in [-0.39, 0.29) is 22.7 Å². The van der Waals surface area contributed by atoms with Crippen molar-refractivity contribution in [2.24, 2.45) is 0 Å². The molecule has 0 aliphatic rings. The first kappa shape index (κ1) is 19.6. The number of aromatic nitrogens is 5. The fourth-order valence-corrected chi connectivity index (χ4v) is 4.47. The minimum absolute atomic E-state index is 0.0258. The normalized spacial score (nSPS) is 11.4. The van der Waals surface area contributed by atoms with Gasteiger partial charge in [0.15, 0.2) is 10.9 Å². The number of H-pyrrole nitrogens is 1. The summed E-state index contributed by atoms with van der Waals surface area (Å²) in [5.41, 5.74) is 3.02. The second-order valence-electron chi connectivity index (χ2n) is 7.04. The number of carbonyl (C=O) groups excluding carboxylic acids is 1. The molecule has 0 saturated heterocycles. The molecular weight excluding hydrogens is 434 g/mol. The zero-order chi connectivity index (χ0) is 21.5. The number of thioether (sulfide) groups is 1. The highest BCUT2D eigenvalue weighted by atomic mass is 35.5. The Morgan fingerprint density at radius 3 is 2.87 bits per heavy atom. The number of benzene rings is 2. The number of halogens is 1. The number of ketones is 1. The van der Waals surface area contributed by atoms with Gasteiger partial charge in [-0.15, -0.1) is 10.2 Å². The molecule has 7 nitrogen and oxygen atoms in total. The van der Waals surface area contributed by atoms with Gasteiger partial charge in [-0.25, -0.2) is 0 Å². The molecule has 3 heterocycles. The smallest absolute Gasteiger partial charge is 0.300 e. The van der Waals surface area contributed by atoms with E-state index in [1.807, 2.05) is 37.3 Å². The average Bonchev–Trinajstić information content (AvgIpc) is 3.39. The summed E-state index contributed by atoms with van der Waals surface area (Å²) in [4.78, 5) is 28.9. The molecule has 0 amide bonds. The molecule has 0 aliphatic heterocycles. The van der Waals surface area contributed by atoms with Crippen molar-refractivity contribution in [2.75, 3.05) is 5.75 Å². The van der Waals surface area contributed by atoms with Gasteiger partial charge in [0.25, 0.3) is 0 Å². The van der Waals surface area contributed by atoms with Crippen molar-refractivity contribution in [1.29, 1.82) is 0 Å². The van der Waals surface area contributed by atoms with Gasteiger partial charge in [0.1, 0.15) is 0 Å². The molecule has 0 atom stereocenters. The molecule has 5 aromatic rings. The van der Waals surface area contributed by atoms with Crippen LogP contribution in [0.5, 0.6) is 0 Å². The van der Waals surface area contributed by atoms with Crippen LogP contribution in [0.1, 0.15) is 15.9 Å². The molecule has 1 N–H and O–H groups in total. The summed E-state index contributed by atoms with van der Waals surface area (Å²) >= 11 is 7.35. The number of hydrogen-bond donors (Lipinski definition) is 1. The number of fused-ring (bicyclic) bond motifs is 2. The number of nitrogens with zero attached hydrogens (tertiary/aromatic N) is 4. The maximum Gasteiger partial charge on any atom is 0.300 e. The van der Waals surface area contributed by atoms with Gasteiger partial charge in [-0.1, -0.05) is 47.6 Å². The van der Waals surface area contributed by atoms with Crippen molar-refractivity contribution < 1.29 is 4.79 Å². The standard InChI is InChI=1S/C22H16ClN5O2S/c1-13-6-7-14(23)10-18(13)27-8-9-28-20(21(27)30)25-26-22(28)31-12-19(29)16-11-24-17-5-3-2-4-15(16)17/h2-11,24H,12H2,1H3. The highest BCUT2D eigenvalue weighted by Gasteiger charge is 2.16. The molecule has 5 rings (SSSR count). The number of aromatic amines is 1. The van der Waals surface area contributed by atoms with E-state index < -0.39 is 0 Å². The van der Waals surface area contributed by atoms with E-state index in [4.69, 9.17) is 11.6 Å². The predicted molar refractivity (Wildman–Crippen MR) is 122 cm³/mol. The fraction of sp³-hybridized carbons (Fsp3) is 0.0909. The van der Waals surface area contributed by atoms with Gasteiger partial charge >= 0.3 is 5.56 Å². The van der Waals surface area contributed by atoms with Crippen molar-refractivity contribution in [3.8, 4) is 5.69 Å². The Morgan fingerprint density at radius 1 is 1.16 bits per heavy atom. The lowest BCUT2D eigenvalue weighted by Gasteiger charge is -2.10. The van der Waals surface area contributed by atoms with Crippen LogP contribution in [0.25, 0.3) is 22.2 Å². The van der Waals surface area contributed by atoms with E-state index in [1.165, 1.54) is 16.3 Å². The Bertz CT molecular complexity index is 1520. The van der Waals surface area contributed by atoms with Crippen molar-refractivity contribution in [1.82, 2.24) is 24.1 Å². The molecule has 31 heavy (non-hydrogen) atoms. The first-order chi connectivity index (χ1) is 15.0. The molecule has 154 valence electrons. The molecule has 2 aromatic carbocycles. The summed E-state index contributed by atoms with van der Waals surface area (Å²) in [7, 11) is 0. The molecule has 0 fully saturated rings.